The lowest BCUT2D eigenvalue weighted by molar-refractivity contribution is -0.144. The zero-order valence-corrected chi connectivity index (χ0v) is 15.0. The third kappa shape index (κ3) is 5.07. The van der Waals surface area contributed by atoms with Crippen LogP contribution in [0.3, 0.4) is 0 Å². The van der Waals surface area contributed by atoms with E-state index in [1.807, 2.05) is 0 Å². The predicted molar refractivity (Wildman–Crippen MR) is 94.9 cm³/mol. The molecule has 2 rings (SSSR count). The molecule has 1 saturated heterocycles. The molecule has 2 atom stereocenters. The summed E-state index contributed by atoms with van der Waals surface area (Å²) >= 11 is 0. The zero-order chi connectivity index (χ0) is 17.0. The van der Waals surface area contributed by atoms with Gasteiger partial charge in [0.05, 0.1) is 0 Å². The van der Waals surface area contributed by atoms with Crippen molar-refractivity contribution in [2.75, 3.05) is 13.1 Å². The van der Waals surface area contributed by atoms with Crippen molar-refractivity contribution in [3.63, 3.8) is 0 Å². The minimum atomic E-state index is -0.661. The van der Waals surface area contributed by atoms with Gasteiger partial charge >= 0.3 is 5.97 Å². The average Bonchev–Trinajstić information content (AvgIpc) is 2.47. The first-order valence-corrected chi connectivity index (χ1v) is 8.83. The average molecular weight is 317 g/mol. The van der Waals surface area contributed by atoms with Gasteiger partial charge in [-0.3, -0.25) is 9.69 Å². The van der Waals surface area contributed by atoms with Crippen LogP contribution in [0.2, 0.25) is 0 Å². The van der Waals surface area contributed by atoms with Crippen LogP contribution in [-0.4, -0.2) is 35.1 Å². The number of hydrogen-bond donors (Lipinski definition) is 1. The summed E-state index contributed by atoms with van der Waals surface area (Å²) in [6, 6.07) is 8.62. The zero-order valence-electron chi connectivity index (χ0n) is 15.0. The monoisotopic (exact) mass is 317 g/mol. The smallest absolute Gasteiger partial charge is 0.320 e. The van der Waals surface area contributed by atoms with E-state index in [0.29, 0.717) is 5.92 Å². The Balaban J connectivity index is 1.93. The first kappa shape index (κ1) is 18.0. The standard InChI is InChI=1S/C20H31NO2/c1-15(14-21-12-6-5-7-18(21)19(22)23)13-16-8-10-17(11-9-16)20(2,3)4/h8-11,15,18H,5-7,12-14H2,1-4H3,(H,22,23). The van der Waals surface area contributed by atoms with E-state index < -0.39 is 5.97 Å². The number of hydrogen-bond acceptors (Lipinski definition) is 2. The van der Waals surface area contributed by atoms with E-state index in [-0.39, 0.29) is 11.5 Å². The fraction of sp³-hybridized carbons (Fsp3) is 0.650. The number of rotatable bonds is 5. The molecule has 1 aliphatic rings. The Hall–Kier alpha value is -1.35. The lowest BCUT2D eigenvalue weighted by atomic mass is 9.86. The molecule has 1 N–H and O–H groups in total. The molecule has 1 heterocycles. The van der Waals surface area contributed by atoms with Gasteiger partial charge in [0.25, 0.3) is 0 Å². The molecule has 23 heavy (non-hydrogen) atoms. The van der Waals surface area contributed by atoms with Gasteiger partial charge in [-0.05, 0) is 48.3 Å². The van der Waals surface area contributed by atoms with Crippen molar-refractivity contribution in [3.05, 3.63) is 35.4 Å². The van der Waals surface area contributed by atoms with Crippen LogP contribution in [-0.2, 0) is 16.6 Å². The van der Waals surface area contributed by atoms with Crippen LogP contribution in [0.5, 0.6) is 0 Å². The third-order valence-corrected chi connectivity index (χ3v) is 4.85. The van der Waals surface area contributed by atoms with Gasteiger partial charge in [0.2, 0.25) is 0 Å². The van der Waals surface area contributed by atoms with Gasteiger partial charge in [-0.1, -0.05) is 58.4 Å². The first-order chi connectivity index (χ1) is 10.8. The van der Waals surface area contributed by atoms with E-state index in [1.165, 1.54) is 11.1 Å². The number of carboxylic acids is 1. The Morgan fingerprint density at radius 1 is 1.26 bits per heavy atom. The van der Waals surface area contributed by atoms with Gasteiger partial charge in [-0.15, -0.1) is 0 Å². The van der Waals surface area contributed by atoms with E-state index in [0.717, 1.165) is 38.8 Å². The highest BCUT2D eigenvalue weighted by Gasteiger charge is 2.29. The van der Waals surface area contributed by atoms with Crippen LogP contribution in [0.1, 0.15) is 58.1 Å². The van der Waals surface area contributed by atoms with E-state index >= 15 is 0 Å². The molecule has 0 radical (unpaired) electrons. The third-order valence-electron chi connectivity index (χ3n) is 4.85. The number of carboxylic acid groups (broad SMARTS) is 1. The van der Waals surface area contributed by atoms with Crippen molar-refractivity contribution in [1.82, 2.24) is 4.90 Å². The van der Waals surface area contributed by atoms with Gasteiger partial charge in [0.15, 0.2) is 0 Å². The van der Waals surface area contributed by atoms with Crippen LogP contribution in [0.4, 0.5) is 0 Å². The number of benzene rings is 1. The molecule has 3 heteroatoms. The second-order valence-electron chi connectivity index (χ2n) is 8.10. The van der Waals surface area contributed by atoms with E-state index in [1.54, 1.807) is 0 Å². The Morgan fingerprint density at radius 3 is 2.48 bits per heavy atom. The number of likely N-dealkylation sites (tertiary alicyclic amines) is 1. The minimum absolute atomic E-state index is 0.187. The van der Waals surface area contributed by atoms with Crippen molar-refractivity contribution in [2.45, 2.75) is 64.8 Å². The van der Waals surface area contributed by atoms with Crippen LogP contribution in [0.25, 0.3) is 0 Å². The lowest BCUT2D eigenvalue weighted by Gasteiger charge is -2.34. The molecule has 1 fully saturated rings. The first-order valence-electron chi connectivity index (χ1n) is 8.83. The minimum Gasteiger partial charge on any atom is -0.480 e. The van der Waals surface area contributed by atoms with Gasteiger partial charge in [-0.25, -0.2) is 0 Å². The van der Waals surface area contributed by atoms with Crippen LogP contribution >= 0.6 is 0 Å². The summed E-state index contributed by atoms with van der Waals surface area (Å²) < 4.78 is 0. The number of carbonyl (C=O) groups is 1. The largest absolute Gasteiger partial charge is 0.480 e. The topological polar surface area (TPSA) is 40.5 Å². The van der Waals surface area contributed by atoms with E-state index in [4.69, 9.17) is 0 Å². The van der Waals surface area contributed by atoms with Gasteiger partial charge < -0.3 is 5.11 Å². The summed E-state index contributed by atoms with van der Waals surface area (Å²) in [5.41, 5.74) is 2.89. The summed E-state index contributed by atoms with van der Waals surface area (Å²) in [5.74, 6) is -0.193. The molecule has 128 valence electrons. The van der Waals surface area contributed by atoms with Crippen LogP contribution in [0.15, 0.2) is 24.3 Å². The van der Waals surface area contributed by atoms with E-state index in [2.05, 4.69) is 56.9 Å². The molecule has 0 bridgehead atoms. The highest BCUT2D eigenvalue weighted by Crippen LogP contribution is 2.24. The Kier molecular flexibility index (Phi) is 5.85. The number of aliphatic carboxylic acids is 1. The lowest BCUT2D eigenvalue weighted by Crippen LogP contribution is -2.46. The second-order valence-corrected chi connectivity index (χ2v) is 8.10. The summed E-state index contributed by atoms with van der Waals surface area (Å²) in [6.07, 6.45) is 3.96. The van der Waals surface area contributed by atoms with Crippen LogP contribution in [0, 0.1) is 5.92 Å². The molecule has 0 aromatic heterocycles. The van der Waals surface area contributed by atoms with Crippen molar-refractivity contribution in [3.8, 4) is 0 Å². The molecule has 0 saturated carbocycles. The second kappa shape index (κ2) is 7.48. The van der Waals surface area contributed by atoms with Crippen molar-refractivity contribution in [2.24, 2.45) is 5.92 Å². The summed E-state index contributed by atoms with van der Waals surface area (Å²) in [7, 11) is 0. The summed E-state index contributed by atoms with van der Waals surface area (Å²) in [4.78, 5) is 13.6. The summed E-state index contributed by atoms with van der Waals surface area (Å²) in [6.45, 7) is 10.7. The normalized spacial score (nSPS) is 21.1. The van der Waals surface area contributed by atoms with Crippen molar-refractivity contribution >= 4 is 5.97 Å². The molecule has 3 nitrogen and oxygen atoms in total. The fourth-order valence-electron chi connectivity index (χ4n) is 3.50. The van der Waals surface area contributed by atoms with Gasteiger partial charge in [-0.2, -0.15) is 0 Å². The molecule has 1 aromatic rings. The number of piperidine rings is 1. The molecule has 0 aliphatic carbocycles. The highest BCUT2D eigenvalue weighted by atomic mass is 16.4. The maximum Gasteiger partial charge on any atom is 0.320 e. The fourth-order valence-corrected chi connectivity index (χ4v) is 3.50. The molecule has 0 amide bonds. The molecule has 2 unspecified atom stereocenters. The van der Waals surface area contributed by atoms with Crippen molar-refractivity contribution < 1.29 is 9.90 Å². The molecular formula is C20H31NO2. The van der Waals surface area contributed by atoms with Gasteiger partial charge in [0.1, 0.15) is 6.04 Å². The maximum atomic E-state index is 11.4. The summed E-state index contributed by atoms with van der Waals surface area (Å²) in [5, 5.41) is 9.38. The maximum absolute atomic E-state index is 11.4. The SMILES string of the molecule is CC(Cc1ccc(C(C)(C)C)cc1)CN1CCCCC1C(=O)O. The molecular weight excluding hydrogens is 286 g/mol. The Labute approximate surface area is 140 Å². The highest BCUT2D eigenvalue weighted by molar-refractivity contribution is 5.73. The Morgan fingerprint density at radius 2 is 1.91 bits per heavy atom. The van der Waals surface area contributed by atoms with E-state index in [9.17, 15) is 9.90 Å². The Bertz CT molecular complexity index is 515. The van der Waals surface area contributed by atoms with Gasteiger partial charge in [0, 0.05) is 6.54 Å². The molecule has 1 aliphatic heterocycles. The number of nitrogens with zero attached hydrogens (tertiary/aromatic N) is 1. The predicted octanol–water partition coefficient (Wildman–Crippen LogP) is 4.10. The quantitative estimate of drug-likeness (QED) is 0.889. The molecule has 1 aromatic carbocycles. The van der Waals surface area contributed by atoms with Crippen molar-refractivity contribution in [1.29, 1.82) is 0 Å². The molecule has 0 spiro atoms. The van der Waals surface area contributed by atoms with Crippen LogP contribution < -0.4 is 0 Å².